The molecule has 2 aromatic heterocycles. The summed E-state index contributed by atoms with van der Waals surface area (Å²) in [5, 5.41) is 20.7. The molecule has 0 bridgehead atoms. The monoisotopic (exact) mass is 652 g/mol. The molecule has 3 heterocycles. The molecule has 1 aliphatic rings. The number of hydrogen-bond donors (Lipinski definition) is 1. The van der Waals surface area contributed by atoms with Crippen molar-refractivity contribution < 1.29 is 19.1 Å². The van der Waals surface area contributed by atoms with Gasteiger partial charge < -0.3 is 14.8 Å². The first kappa shape index (κ1) is 31.1. The maximum absolute atomic E-state index is 13.8. The first-order chi connectivity index (χ1) is 22.5. The fourth-order valence-corrected chi connectivity index (χ4v) is 6.63. The van der Waals surface area contributed by atoms with Crippen molar-refractivity contribution in [2.75, 3.05) is 19.5 Å². The molecule has 1 aliphatic heterocycles. The van der Waals surface area contributed by atoms with Crippen LogP contribution in [-0.4, -0.2) is 56.8 Å². The quantitative estimate of drug-likeness (QED) is 0.161. The van der Waals surface area contributed by atoms with E-state index in [0.29, 0.717) is 29.6 Å². The predicted octanol–water partition coefficient (Wildman–Crippen LogP) is 6.14. The van der Waals surface area contributed by atoms with Gasteiger partial charge in [-0.3, -0.25) is 14.2 Å². The van der Waals surface area contributed by atoms with Crippen molar-refractivity contribution in [3.8, 4) is 17.2 Å². The van der Waals surface area contributed by atoms with E-state index in [2.05, 4.69) is 15.5 Å². The molecule has 1 atom stereocenters. The number of aromatic nitrogens is 3. The molecule has 5 aromatic rings. The summed E-state index contributed by atoms with van der Waals surface area (Å²) in [6.45, 7) is 2.62. The van der Waals surface area contributed by atoms with E-state index in [1.807, 2.05) is 95.7 Å². The Morgan fingerprint density at radius 1 is 0.957 bits per heavy atom. The Hall–Kier alpha value is -4.94. The van der Waals surface area contributed by atoms with Crippen LogP contribution in [0.5, 0.6) is 11.5 Å². The van der Waals surface area contributed by atoms with Gasteiger partial charge in [0.1, 0.15) is 11.5 Å². The second-order valence-corrected chi connectivity index (χ2v) is 12.1. The van der Waals surface area contributed by atoms with Gasteiger partial charge in [-0.2, -0.15) is 5.10 Å². The number of hydrogen-bond acceptors (Lipinski definition) is 9. The summed E-state index contributed by atoms with van der Waals surface area (Å²) in [7, 11) is 1.63. The molecule has 6 rings (SSSR count). The van der Waals surface area contributed by atoms with Crippen LogP contribution in [0.15, 0.2) is 107 Å². The lowest BCUT2D eigenvalue weighted by molar-refractivity contribution is -0.130. The molecule has 10 nitrogen and oxygen atoms in total. The molecule has 0 radical (unpaired) electrons. The Kier molecular flexibility index (Phi) is 9.75. The first-order valence-corrected chi connectivity index (χ1v) is 16.6. The summed E-state index contributed by atoms with van der Waals surface area (Å²) in [5.41, 5.74) is 3.18. The molecular weight excluding hydrogens is 621 g/mol. The molecule has 46 heavy (non-hydrogen) atoms. The van der Waals surface area contributed by atoms with Gasteiger partial charge in [-0.25, -0.2) is 5.01 Å². The van der Waals surface area contributed by atoms with Gasteiger partial charge in [-0.1, -0.05) is 48.2 Å². The average molecular weight is 653 g/mol. The predicted molar refractivity (Wildman–Crippen MR) is 179 cm³/mol. The minimum absolute atomic E-state index is 0.0828. The molecule has 12 heteroatoms. The number of benzene rings is 3. The van der Waals surface area contributed by atoms with Crippen LogP contribution in [0.2, 0.25) is 0 Å². The normalized spacial score (nSPS) is 14.2. The summed E-state index contributed by atoms with van der Waals surface area (Å²) in [6.07, 6.45) is 0.608. The highest BCUT2D eigenvalue weighted by Crippen LogP contribution is 2.35. The minimum Gasteiger partial charge on any atom is -0.497 e. The van der Waals surface area contributed by atoms with E-state index >= 15 is 0 Å². The maximum Gasteiger partial charge on any atom is 0.253 e. The van der Waals surface area contributed by atoms with E-state index in [1.165, 1.54) is 11.8 Å². The van der Waals surface area contributed by atoms with E-state index < -0.39 is 0 Å². The first-order valence-electron chi connectivity index (χ1n) is 14.7. The fourth-order valence-electron chi connectivity index (χ4n) is 5.09. The van der Waals surface area contributed by atoms with Crippen molar-refractivity contribution in [1.29, 1.82) is 0 Å². The van der Waals surface area contributed by atoms with E-state index in [-0.39, 0.29) is 30.2 Å². The Balaban J connectivity index is 1.24. The van der Waals surface area contributed by atoms with Crippen LogP contribution in [0.3, 0.4) is 0 Å². The standard InChI is InChI=1S/C34H32N6O4S2/c1-3-44-27-17-13-25(14-18-27)39-31(21-35-33(42)24-8-5-4-6-9-24)36-37-34(39)46-22-32(41)40-29(23-11-15-26(43-2)16-12-23)20-28(38-40)30-10-7-19-45-30/h4-19,29H,3,20-22H2,1-2H3,(H,35,42)/t29-/m1/s1. The minimum atomic E-state index is -0.246. The van der Waals surface area contributed by atoms with E-state index in [0.717, 1.165) is 33.3 Å². The lowest BCUT2D eigenvalue weighted by Gasteiger charge is -2.22. The Labute approximate surface area is 275 Å². The molecular formula is C34H32N6O4S2. The van der Waals surface area contributed by atoms with Crippen LogP contribution in [-0.2, 0) is 11.3 Å². The van der Waals surface area contributed by atoms with Crippen LogP contribution in [0.1, 0.15) is 46.0 Å². The topological polar surface area (TPSA) is 111 Å². The van der Waals surface area contributed by atoms with E-state index in [1.54, 1.807) is 35.6 Å². The van der Waals surface area contributed by atoms with Crippen molar-refractivity contribution in [2.24, 2.45) is 5.10 Å². The highest BCUT2D eigenvalue weighted by molar-refractivity contribution is 7.99. The number of nitrogens with zero attached hydrogens (tertiary/aromatic N) is 5. The van der Waals surface area contributed by atoms with Crippen LogP contribution < -0.4 is 14.8 Å². The number of nitrogens with one attached hydrogen (secondary N) is 1. The number of amides is 2. The summed E-state index contributed by atoms with van der Waals surface area (Å²) in [4.78, 5) is 27.7. The fraction of sp³-hybridized carbons (Fsp3) is 0.206. The summed E-state index contributed by atoms with van der Waals surface area (Å²) < 4.78 is 12.8. The van der Waals surface area contributed by atoms with Gasteiger partial charge in [0.05, 0.1) is 42.6 Å². The maximum atomic E-state index is 13.8. The van der Waals surface area contributed by atoms with Crippen LogP contribution in [0.25, 0.3) is 5.69 Å². The molecule has 0 saturated carbocycles. The number of thiophene rings is 1. The van der Waals surface area contributed by atoms with Crippen molar-refractivity contribution in [2.45, 2.75) is 31.1 Å². The number of carbonyl (C=O) groups excluding carboxylic acids is 2. The summed E-state index contributed by atoms with van der Waals surface area (Å²) in [6, 6.07) is 28.0. The van der Waals surface area contributed by atoms with Crippen molar-refractivity contribution in [3.05, 3.63) is 118 Å². The zero-order valence-corrected chi connectivity index (χ0v) is 27.0. The van der Waals surface area contributed by atoms with Gasteiger partial charge in [0.2, 0.25) is 0 Å². The number of hydrazone groups is 1. The molecule has 0 fully saturated rings. The number of thioether (sulfide) groups is 1. The molecule has 0 unspecified atom stereocenters. The van der Waals surface area contributed by atoms with Gasteiger partial charge in [0.15, 0.2) is 11.0 Å². The smallest absolute Gasteiger partial charge is 0.253 e. The highest BCUT2D eigenvalue weighted by Gasteiger charge is 2.33. The number of ether oxygens (including phenoxy) is 2. The summed E-state index contributed by atoms with van der Waals surface area (Å²) in [5.74, 6) is 1.72. The Bertz CT molecular complexity index is 1810. The number of methoxy groups -OCH3 is 1. The molecule has 0 saturated heterocycles. The largest absolute Gasteiger partial charge is 0.497 e. The zero-order valence-electron chi connectivity index (χ0n) is 25.3. The highest BCUT2D eigenvalue weighted by atomic mass is 32.2. The van der Waals surface area contributed by atoms with Gasteiger partial charge in [-0.15, -0.1) is 21.5 Å². The second-order valence-electron chi connectivity index (χ2n) is 10.3. The van der Waals surface area contributed by atoms with Crippen molar-refractivity contribution in [3.63, 3.8) is 0 Å². The molecule has 234 valence electrons. The molecule has 0 aliphatic carbocycles. The average Bonchev–Trinajstić information content (AvgIpc) is 3.88. The summed E-state index contributed by atoms with van der Waals surface area (Å²) >= 11 is 2.88. The molecule has 2 amide bonds. The molecule has 1 N–H and O–H groups in total. The van der Waals surface area contributed by atoms with Crippen molar-refractivity contribution >= 4 is 40.6 Å². The van der Waals surface area contributed by atoms with Crippen LogP contribution in [0.4, 0.5) is 0 Å². The lowest BCUT2D eigenvalue weighted by Crippen LogP contribution is -2.28. The van der Waals surface area contributed by atoms with Gasteiger partial charge in [0, 0.05) is 17.7 Å². The third-order valence-corrected chi connectivity index (χ3v) is 9.18. The van der Waals surface area contributed by atoms with Crippen LogP contribution >= 0.6 is 23.1 Å². The van der Waals surface area contributed by atoms with Crippen molar-refractivity contribution in [1.82, 2.24) is 25.1 Å². The van der Waals surface area contributed by atoms with Gasteiger partial charge in [0.25, 0.3) is 11.8 Å². The molecule has 0 spiro atoms. The SMILES string of the molecule is CCOc1ccc(-n2c(CNC(=O)c3ccccc3)nnc2SCC(=O)N2N=C(c3cccs3)C[C@@H]2c2ccc(OC)cc2)cc1. The van der Waals surface area contributed by atoms with E-state index in [4.69, 9.17) is 14.6 Å². The second kappa shape index (κ2) is 14.4. The zero-order chi connectivity index (χ0) is 31.9. The van der Waals surface area contributed by atoms with Gasteiger partial charge in [-0.05, 0) is 72.5 Å². The molecule has 3 aromatic carbocycles. The number of rotatable bonds is 12. The van der Waals surface area contributed by atoms with Crippen LogP contribution in [0, 0.1) is 0 Å². The van der Waals surface area contributed by atoms with E-state index in [9.17, 15) is 9.59 Å². The third-order valence-electron chi connectivity index (χ3n) is 7.35. The lowest BCUT2D eigenvalue weighted by atomic mass is 10.0. The Morgan fingerprint density at radius 2 is 1.72 bits per heavy atom. The third kappa shape index (κ3) is 6.98. The van der Waals surface area contributed by atoms with Gasteiger partial charge >= 0.3 is 0 Å². The number of carbonyl (C=O) groups is 2. The Morgan fingerprint density at radius 3 is 2.41 bits per heavy atom.